The molecule has 0 radical (unpaired) electrons. The number of carbonyl (C=O) groups is 1. The second-order valence-corrected chi connectivity index (χ2v) is 11.1. The highest BCUT2D eigenvalue weighted by Crippen LogP contribution is 2.18. The predicted octanol–water partition coefficient (Wildman–Crippen LogP) is 2.59. The zero-order valence-corrected chi connectivity index (χ0v) is 23.1. The van der Waals surface area contributed by atoms with Gasteiger partial charge >= 0.3 is 0 Å². The van der Waals surface area contributed by atoms with Gasteiger partial charge in [-0.3, -0.25) is 9.69 Å². The number of piperazine rings is 1. The summed E-state index contributed by atoms with van der Waals surface area (Å²) in [6.45, 7) is 3.80. The van der Waals surface area contributed by atoms with E-state index in [2.05, 4.69) is 19.8 Å². The number of hydrogen-bond acceptors (Lipinski definition) is 4. The van der Waals surface area contributed by atoms with Crippen LogP contribution in [0.5, 0.6) is 0 Å². The second-order valence-electron chi connectivity index (χ2n) is 8.91. The third-order valence-electron chi connectivity index (χ3n) is 6.42. The summed E-state index contributed by atoms with van der Waals surface area (Å²) in [5, 5.41) is 4.51. The molecule has 2 atom stereocenters. The number of nitrogens with one attached hydrogen (secondary N) is 1. The van der Waals surface area contributed by atoms with Crippen LogP contribution in [0.3, 0.4) is 0 Å². The first kappa shape index (κ1) is 29.3. The largest absolute Gasteiger partial charge is 0.412 e. The SMILES string of the molecule is CS(=O)N1CCN(CCc2ccccc2Cl)CC1C(=O)NCCc1cncn1Cc1cccc(Cl)c1.O. The Morgan fingerprint density at radius 1 is 1.14 bits per heavy atom. The van der Waals surface area contributed by atoms with E-state index in [9.17, 15) is 9.00 Å². The molecule has 11 heteroatoms. The molecule has 8 nitrogen and oxygen atoms in total. The van der Waals surface area contributed by atoms with E-state index in [1.54, 1.807) is 16.9 Å². The first-order chi connectivity index (χ1) is 17.4. The highest BCUT2D eigenvalue weighted by atomic mass is 35.5. The molecule has 0 spiro atoms. The number of imidazole rings is 1. The van der Waals surface area contributed by atoms with E-state index >= 15 is 0 Å². The maximum atomic E-state index is 13.2. The number of amides is 1. The zero-order valence-electron chi connectivity index (χ0n) is 20.8. The lowest BCUT2D eigenvalue weighted by atomic mass is 10.1. The number of nitrogens with zero attached hydrogens (tertiary/aromatic N) is 4. The minimum absolute atomic E-state index is 0. The fourth-order valence-electron chi connectivity index (χ4n) is 4.49. The summed E-state index contributed by atoms with van der Waals surface area (Å²) in [7, 11) is -1.22. The molecule has 200 valence electrons. The van der Waals surface area contributed by atoms with Crippen molar-refractivity contribution in [1.82, 2.24) is 24.1 Å². The summed E-state index contributed by atoms with van der Waals surface area (Å²) >= 11 is 12.4. The van der Waals surface area contributed by atoms with E-state index in [0.717, 1.165) is 41.4 Å². The molecule has 1 amide bonds. The van der Waals surface area contributed by atoms with E-state index in [0.29, 0.717) is 37.6 Å². The van der Waals surface area contributed by atoms with Gasteiger partial charge in [-0.1, -0.05) is 53.5 Å². The molecule has 2 heterocycles. The maximum Gasteiger partial charge on any atom is 0.239 e. The van der Waals surface area contributed by atoms with Gasteiger partial charge in [-0.05, 0) is 35.7 Å². The molecule has 37 heavy (non-hydrogen) atoms. The fourth-order valence-corrected chi connectivity index (χ4v) is 5.79. The Labute approximate surface area is 230 Å². The fraction of sp³-hybridized carbons (Fsp3) is 0.385. The summed E-state index contributed by atoms with van der Waals surface area (Å²) in [5.41, 5.74) is 3.21. The molecular weight excluding hydrogens is 533 g/mol. The van der Waals surface area contributed by atoms with Crippen LogP contribution < -0.4 is 5.32 Å². The van der Waals surface area contributed by atoms with E-state index in [4.69, 9.17) is 23.2 Å². The summed E-state index contributed by atoms with van der Waals surface area (Å²) in [6.07, 6.45) is 6.69. The first-order valence-electron chi connectivity index (χ1n) is 12.0. The Bertz CT molecular complexity index is 1210. The van der Waals surface area contributed by atoms with Crippen molar-refractivity contribution in [3.8, 4) is 0 Å². The van der Waals surface area contributed by atoms with Gasteiger partial charge in [-0.15, -0.1) is 0 Å². The first-order valence-corrected chi connectivity index (χ1v) is 14.2. The van der Waals surface area contributed by atoms with Crippen LogP contribution >= 0.6 is 23.2 Å². The number of benzene rings is 2. The number of hydrogen-bond donors (Lipinski definition) is 1. The number of carbonyl (C=O) groups excluding carboxylic acids is 1. The van der Waals surface area contributed by atoms with E-state index in [-0.39, 0.29) is 11.4 Å². The molecular formula is C26H33Cl2N5O3S. The molecule has 0 saturated carbocycles. The summed E-state index contributed by atoms with van der Waals surface area (Å²) in [6, 6.07) is 15.1. The Balaban J connectivity index is 0.00000380. The molecule has 0 aliphatic carbocycles. The van der Waals surface area contributed by atoms with Crippen molar-refractivity contribution in [3.63, 3.8) is 0 Å². The van der Waals surface area contributed by atoms with Gasteiger partial charge in [0.05, 0.1) is 17.3 Å². The van der Waals surface area contributed by atoms with Gasteiger partial charge in [-0.25, -0.2) is 13.5 Å². The molecule has 3 N–H and O–H groups in total. The van der Waals surface area contributed by atoms with Crippen molar-refractivity contribution in [2.75, 3.05) is 39.0 Å². The van der Waals surface area contributed by atoms with Crippen LogP contribution in [0.2, 0.25) is 10.0 Å². The highest BCUT2D eigenvalue weighted by molar-refractivity contribution is 7.81. The number of rotatable bonds is 10. The van der Waals surface area contributed by atoms with Crippen molar-refractivity contribution in [2.24, 2.45) is 0 Å². The van der Waals surface area contributed by atoms with Crippen molar-refractivity contribution >= 4 is 40.1 Å². The minimum atomic E-state index is -1.22. The Morgan fingerprint density at radius 3 is 2.70 bits per heavy atom. The monoisotopic (exact) mass is 565 g/mol. The van der Waals surface area contributed by atoms with Crippen LogP contribution in [-0.4, -0.2) is 79.4 Å². The van der Waals surface area contributed by atoms with Crippen LogP contribution in [0.4, 0.5) is 0 Å². The van der Waals surface area contributed by atoms with Crippen molar-refractivity contribution in [2.45, 2.75) is 25.4 Å². The van der Waals surface area contributed by atoms with Crippen LogP contribution in [0, 0.1) is 0 Å². The topological polar surface area (TPSA) is 102 Å². The Kier molecular flexibility index (Phi) is 11.1. The third-order valence-corrected chi connectivity index (χ3v) is 8.13. The molecule has 0 bridgehead atoms. The van der Waals surface area contributed by atoms with Gasteiger partial charge in [-0.2, -0.15) is 0 Å². The molecule has 1 saturated heterocycles. The number of aromatic nitrogens is 2. The molecule has 1 aliphatic heterocycles. The third kappa shape index (κ3) is 8.10. The Morgan fingerprint density at radius 2 is 1.95 bits per heavy atom. The summed E-state index contributed by atoms with van der Waals surface area (Å²) in [4.78, 5) is 19.7. The van der Waals surface area contributed by atoms with Gasteiger partial charge in [0.2, 0.25) is 5.91 Å². The molecule has 2 unspecified atom stereocenters. The molecule has 1 aliphatic rings. The smallest absolute Gasteiger partial charge is 0.239 e. The van der Waals surface area contributed by atoms with Crippen LogP contribution in [-0.2, 0) is 35.2 Å². The molecule has 4 rings (SSSR count). The van der Waals surface area contributed by atoms with Crippen molar-refractivity contribution < 1.29 is 14.5 Å². The van der Waals surface area contributed by atoms with E-state index in [1.165, 1.54) is 0 Å². The maximum absolute atomic E-state index is 13.2. The normalized spacial score (nSPS) is 17.2. The Hall–Kier alpha value is -2.27. The lowest BCUT2D eigenvalue weighted by molar-refractivity contribution is -0.126. The van der Waals surface area contributed by atoms with Gasteiger partial charge in [0, 0.05) is 73.9 Å². The van der Waals surface area contributed by atoms with Gasteiger partial charge in [0.1, 0.15) is 6.04 Å². The molecule has 1 fully saturated rings. The van der Waals surface area contributed by atoms with E-state index in [1.807, 2.05) is 54.7 Å². The molecule has 3 aromatic rings. The van der Waals surface area contributed by atoms with Crippen LogP contribution in [0.15, 0.2) is 61.1 Å². The van der Waals surface area contributed by atoms with Gasteiger partial charge < -0.3 is 15.4 Å². The quantitative estimate of drug-likeness (QED) is 0.408. The van der Waals surface area contributed by atoms with Crippen molar-refractivity contribution in [1.29, 1.82) is 0 Å². The highest BCUT2D eigenvalue weighted by Gasteiger charge is 2.34. The lowest BCUT2D eigenvalue weighted by Gasteiger charge is -2.39. The van der Waals surface area contributed by atoms with Crippen LogP contribution in [0.25, 0.3) is 0 Å². The second kappa shape index (κ2) is 14.0. The number of halogens is 2. The average Bonchev–Trinajstić information content (AvgIpc) is 3.30. The standard InChI is InChI=1S/C26H31Cl2N5O2S.H2O/c1-36(35)33-14-13-31(12-10-21-6-2-3-8-24(21)28)18-25(33)26(34)30-11-9-23-16-29-19-32(23)17-20-5-4-7-22(27)15-20;/h2-8,15-16,19,25H,9-14,17-18H2,1H3,(H,30,34);1H2. The summed E-state index contributed by atoms with van der Waals surface area (Å²) < 4.78 is 16.2. The van der Waals surface area contributed by atoms with Gasteiger partial charge in [0.25, 0.3) is 0 Å². The van der Waals surface area contributed by atoms with Crippen LogP contribution in [0.1, 0.15) is 16.8 Å². The molecule has 2 aromatic carbocycles. The average molecular weight is 567 g/mol. The lowest BCUT2D eigenvalue weighted by Crippen LogP contribution is -2.59. The van der Waals surface area contributed by atoms with Crippen molar-refractivity contribution in [3.05, 3.63) is 87.9 Å². The van der Waals surface area contributed by atoms with Gasteiger partial charge in [0.15, 0.2) is 0 Å². The minimum Gasteiger partial charge on any atom is -0.412 e. The predicted molar refractivity (Wildman–Crippen MR) is 149 cm³/mol. The van der Waals surface area contributed by atoms with E-state index < -0.39 is 17.0 Å². The summed E-state index contributed by atoms with van der Waals surface area (Å²) in [5.74, 6) is -0.103. The zero-order chi connectivity index (χ0) is 25.5. The molecule has 1 aromatic heterocycles.